The zero-order valence-electron chi connectivity index (χ0n) is 36.5. The van der Waals surface area contributed by atoms with Crippen molar-refractivity contribution in [1.29, 1.82) is 0 Å². The number of aliphatic hydroxyl groups is 9. The molecule has 9 heteroatoms. The van der Waals surface area contributed by atoms with E-state index in [-0.39, 0.29) is 6.61 Å². The van der Waals surface area contributed by atoms with Gasteiger partial charge in [0.15, 0.2) is 0 Å². The average molecular weight is 773 g/mol. The van der Waals surface area contributed by atoms with Gasteiger partial charge in [-0.3, -0.25) is 0 Å². The molecule has 0 saturated heterocycles. The maximum atomic E-state index is 11.0. The third-order valence-corrected chi connectivity index (χ3v) is 11.6. The van der Waals surface area contributed by atoms with Gasteiger partial charge in [-0.1, -0.05) is 23.3 Å². The number of hydrogen-bond donors (Lipinski definition) is 9. The first-order valence-electron chi connectivity index (χ1n) is 21.2. The minimum absolute atomic E-state index is 0.0538. The Kier molecular flexibility index (Phi) is 23.7. The molecule has 54 heavy (non-hydrogen) atoms. The molecule has 0 aromatic carbocycles. The summed E-state index contributed by atoms with van der Waals surface area (Å²) >= 11 is 0. The lowest BCUT2D eigenvalue weighted by atomic mass is 9.83. The van der Waals surface area contributed by atoms with Crippen LogP contribution in [-0.4, -0.2) is 97.9 Å². The van der Waals surface area contributed by atoms with Crippen LogP contribution in [0.25, 0.3) is 0 Å². The van der Waals surface area contributed by atoms with Crippen molar-refractivity contribution in [2.45, 2.75) is 256 Å². The van der Waals surface area contributed by atoms with E-state index >= 15 is 0 Å². The molecule has 9 N–H and O–H groups in total. The Morgan fingerprint density at radius 3 is 1.06 bits per heavy atom. The van der Waals surface area contributed by atoms with Crippen molar-refractivity contribution in [2.75, 3.05) is 6.61 Å². The minimum Gasteiger partial charge on any atom is -0.392 e. The number of hydrogen-bond acceptors (Lipinski definition) is 9. The molecule has 0 heterocycles. The van der Waals surface area contributed by atoms with Gasteiger partial charge in [0.2, 0.25) is 0 Å². The van der Waals surface area contributed by atoms with Crippen LogP contribution in [0.15, 0.2) is 23.3 Å². The van der Waals surface area contributed by atoms with Gasteiger partial charge in [0, 0.05) is 0 Å². The van der Waals surface area contributed by atoms with E-state index in [0.29, 0.717) is 122 Å². The van der Waals surface area contributed by atoms with Gasteiger partial charge in [-0.15, -0.1) is 0 Å². The Bertz CT molecular complexity index is 1060. The second kappa shape index (κ2) is 24.1. The maximum Gasteiger partial charge on any atom is 0.0877 e. The van der Waals surface area contributed by atoms with Gasteiger partial charge >= 0.3 is 0 Å². The summed E-state index contributed by atoms with van der Waals surface area (Å²) < 4.78 is 0. The Morgan fingerprint density at radius 1 is 0.444 bits per heavy atom. The molecular formula is C45H88O9. The van der Waals surface area contributed by atoms with Crippen molar-refractivity contribution in [3.63, 3.8) is 0 Å². The van der Waals surface area contributed by atoms with E-state index < -0.39 is 45.3 Å². The normalized spacial score (nSPS) is 20.6. The van der Waals surface area contributed by atoms with Gasteiger partial charge in [0.1, 0.15) is 0 Å². The first-order chi connectivity index (χ1) is 24.5. The van der Waals surface area contributed by atoms with Crippen LogP contribution >= 0.6 is 0 Å². The van der Waals surface area contributed by atoms with Crippen molar-refractivity contribution >= 4 is 0 Å². The molecule has 0 aromatic heterocycles. The smallest absolute Gasteiger partial charge is 0.0877 e. The molecule has 7 atom stereocenters. The lowest BCUT2D eigenvalue weighted by Crippen LogP contribution is -2.39. The summed E-state index contributed by atoms with van der Waals surface area (Å²) in [5.74, 6) is 0. The Balaban J connectivity index is 4.45. The van der Waals surface area contributed by atoms with E-state index in [1.165, 1.54) is 5.57 Å². The van der Waals surface area contributed by atoms with Crippen LogP contribution in [-0.2, 0) is 0 Å². The van der Waals surface area contributed by atoms with Crippen molar-refractivity contribution in [2.24, 2.45) is 0 Å². The fourth-order valence-electron chi connectivity index (χ4n) is 7.50. The number of allylic oxidation sites excluding steroid dienone is 3. The van der Waals surface area contributed by atoms with Gasteiger partial charge in [-0.05, 0) is 210 Å². The quantitative estimate of drug-likeness (QED) is 0.0305. The molecular weight excluding hydrogens is 684 g/mol. The molecule has 9 nitrogen and oxygen atoms in total. The minimum atomic E-state index is -1.25. The number of rotatable bonds is 32. The highest BCUT2D eigenvalue weighted by Crippen LogP contribution is 2.32. The highest BCUT2D eigenvalue weighted by atomic mass is 16.3. The summed E-state index contributed by atoms with van der Waals surface area (Å²) in [5.41, 5.74) is -4.13. The second-order valence-corrected chi connectivity index (χ2v) is 19.7. The van der Waals surface area contributed by atoms with Crippen molar-refractivity contribution in [1.82, 2.24) is 0 Å². The zero-order chi connectivity index (χ0) is 41.9. The standard InChI is InChI=1S/C45H88O9/c1-36(18-11-19-37(2)22-35-46)20-21-38(47)45(10,54)34-17-33-44(9,53)32-16-31-43(8,52)30-15-29-42(7,51)28-14-27-41(6,50)26-13-25-40(5,49)24-12-23-39(3,4)48/h18,22,38,46-54H,11-17,19-21,23-35H2,1-10H3/b36-18+,37-22+/t38-,40-,41+,42+,43+,44+,45+/m0/s1. The molecule has 0 spiro atoms. The highest BCUT2D eigenvalue weighted by molar-refractivity contribution is 5.04. The molecule has 0 saturated carbocycles. The first-order valence-corrected chi connectivity index (χ1v) is 21.2. The number of aliphatic hydroxyl groups excluding tert-OH is 2. The van der Waals surface area contributed by atoms with Crippen molar-refractivity contribution in [3.05, 3.63) is 23.3 Å². The van der Waals surface area contributed by atoms with E-state index in [2.05, 4.69) is 6.08 Å². The molecule has 322 valence electrons. The maximum absolute atomic E-state index is 11.0. The summed E-state index contributed by atoms with van der Waals surface area (Å²) in [5, 5.41) is 95.2. The molecule has 0 aliphatic carbocycles. The van der Waals surface area contributed by atoms with Crippen LogP contribution in [0.1, 0.15) is 210 Å². The summed E-state index contributed by atoms with van der Waals surface area (Å²) in [6.07, 6.45) is 16.5. The topological polar surface area (TPSA) is 182 Å². The van der Waals surface area contributed by atoms with Crippen LogP contribution in [0, 0.1) is 0 Å². The van der Waals surface area contributed by atoms with Crippen molar-refractivity contribution < 1.29 is 46.0 Å². The van der Waals surface area contributed by atoms with E-state index in [4.69, 9.17) is 5.11 Å². The molecule has 0 bridgehead atoms. The fraction of sp³-hybridized carbons (Fsp3) is 0.911. The van der Waals surface area contributed by atoms with Crippen LogP contribution in [0.5, 0.6) is 0 Å². The predicted octanol–water partition coefficient (Wildman–Crippen LogP) is 8.09. The monoisotopic (exact) mass is 773 g/mol. The lowest BCUT2D eigenvalue weighted by Gasteiger charge is -2.32. The second-order valence-electron chi connectivity index (χ2n) is 19.7. The zero-order valence-corrected chi connectivity index (χ0v) is 36.5. The summed E-state index contributed by atoms with van der Waals surface area (Å²) in [6.45, 7) is 18.3. The first kappa shape index (κ1) is 53.1. The van der Waals surface area contributed by atoms with Crippen LogP contribution < -0.4 is 0 Å². The van der Waals surface area contributed by atoms with E-state index in [1.807, 2.05) is 47.6 Å². The third kappa shape index (κ3) is 28.5. The van der Waals surface area contributed by atoms with Crippen molar-refractivity contribution in [3.8, 4) is 0 Å². The molecule has 0 unspecified atom stereocenters. The van der Waals surface area contributed by atoms with Gasteiger partial charge in [0.05, 0.1) is 51.9 Å². The third-order valence-electron chi connectivity index (χ3n) is 11.6. The summed E-state index contributed by atoms with van der Waals surface area (Å²) in [6, 6.07) is 0. The molecule has 0 aromatic rings. The lowest BCUT2D eigenvalue weighted by molar-refractivity contribution is -0.0746. The average Bonchev–Trinajstić information content (AvgIpc) is 2.98. The molecule has 0 radical (unpaired) electrons. The van der Waals surface area contributed by atoms with E-state index in [9.17, 15) is 40.9 Å². The van der Waals surface area contributed by atoms with Gasteiger partial charge in [0.25, 0.3) is 0 Å². The van der Waals surface area contributed by atoms with Crippen LogP contribution in [0.4, 0.5) is 0 Å². The SMILES string of the molecule is C/C(=C\CO)CC/C=C(\C)CC[C@H](O)[C@](C)(O)CCC[C@](C)(O)CCC[C@](C)(O)CCC[C@](C)(O)CCC[C@](C)(O)CCC[C@@](C)(O)CCCC(C)(C)O. The largest absolute Gasteiger partial charge is 0.392 e. The molecule has 0 rings (SSSR count). The van der Waals surface area contributed by atoms with Gasteiger partial charge in [-0.25, -0.2) is 0 Å². The van der Waals surface area contributed by atoms with Crippen LogP contribution in [0.3, 0.4) is 0 Å². The highest BCUT2D eigenvalue weighted by Gasteiger charge is 2.32. The summed E-state index contributed by atoms with van der Waals surface area (Å²) in [4.78, 5) is 0. The molecule has 0 aliphatic rings. The molecule has 0 aliphatic heterocycles. The van der Waals surface area contributed by atoms with Gasteiger partial charge < -0.3 is 46.0 Å². The predicted molar refractivity (Wildman–Crippen MR) is 222 cm³/mol. The Morgan fingerprint density at radius 2 is 0.741 bits per heavy atom. The fourth-order valence-corrected chi connectivity index (χ4v) is 7.50. The molecule has 0 amide bonds. The van der Waals surface area contributed by atoms with E-state index in [1.54, 1.807) is 27.7 Å². The van der Waals surface area contributed by atoms with Gasteiger partial charge in [-0.2, -0.15) is 0 Å². The van der Waals surface area contributed by atoms with Crippen LogP contribution in [0.2, 0.25) is 0 Å². The summed E-state index contributed by atoms with van der Waals surface area (Å²) in [7, 11) is 0. The molecule has 0 fully saturated rings. The van der Waals surface area contributed by atoms with E-state index in [0.717, 1.165) is 24.8 Å². The Hall–Kier alpha value is -0.880. The Labute approximate surface area is 331 Å².